The van der Waals surface area contributed by atoms with Gasteiger partial charge in [0, 0.05) is 105 Å². The molecule has 1 unspecified atom stereocenters. The van der Waals surface area contributed by atoms with Crippen LogP contribution in [0.2, 0.25) is 0 Å². The zero-order valence-electron chi connectivity index (χ0n) is 37.1. The predicted molar refractivity (Wildman–Crippen MR) is 263 cm³/mol. The topological polar surface area (TPSA) is 150 Å². The lowest BCUT2D eigenvalue weighted by atomic mass is 9.90. The lowest BCUT2D eigenvalue weighted by Gasteiger charge is -2.44. The van der Waals surface area contributed by atoms with Crippen LogP contribution in [0.1, 0.15) is 37.2 Å². The summed E-state index contributed by atoms with van der Waals surface area (Å²) >= 11 is 3.64. The normalized spacial score (nSPS) is 17.5. The maximum atomic E-state index is 13.6. The molecular formula is C49H54BrN10O4P. The molecule has 3 fully saturated rings. The number of amides is 2. The third kappa shape index (κ3) is 9.83. The van der Waals surface area contributed by atoms with Gasteiger partial charge in [0.1, 0.15) is 18.7 Å². The second kappa shape index (κ2) is 18.8. The van der Waals surface area contributed by atoms with Crippen molar-refractivity contribution in [1.29, 1.82) is 0 Å². The van der Waals surface area contributed by atoms with Crippen molar-refractivity contribution in [3.05, 3.63) is 114 Å². The first kappa shape index (κ1) is 44.2. The molecule has 2 aromatic heterocycles. The number of aromatic nitrogens is 4. The van der Waals surface area contributed by atoms with Gasteiger partial charge in [-0.25, -0.2) is 4.98 Å². The number of anilines is 6. The Morgan fingerprint density at radius 3 is 2.23 bits per heavy atom. The van der Waals surface area contributed by atoms with Gasteiger partial charge in [-0.1, -0.05) is 48.5 Å². The average molecular weight is 958 g/mol. The molecule has 336 valence electrons. The van der Waals surface area contributed by atoms with Crippen LogP contribution in [-0.2, 0) is 21.2 Å². The zero-order valence-corrected chi connectivity index (χ0v) is 39.6. The summed E-state index contributed by atoms with van der Waals surface area (Å²) in [5, 5.41) is 14.6. The SMILES string of the molecule is COc1cc(N2CCC(N3CCN(c4ccc(C5CCC(=O)NC5=O)cc4)CC3)CC2)c(-c2cnn(C)c2)cc1Nc1ncc(Br)c(Nc2ccc(-c3ccccc3)cc2P(C)(C)=O)n1. The third-order valence-corrected chi connectivity index (χ3v) is 14.9. The quantitative estimate of drug-likeness (QED) is 0.0800. The molecule has 16 heteroatoms. The minimum Gasteiger partial charge on any atom is -0.494 e. The van der Waals surface area contributed by atoms with Crippen LogP contribution in [0.4, 0.5) is 34.5 Å². The number of ether oxygens (including phenoxy) is 1. The van der Waals surface area contributed by atoms with Gasteiger partial charge in [0.2, 0.25) is 17.8 Å². The van der Waals surface area contributed by atoms with Crippen LogP contribution in [0, 0.1) is 0 Å². The van der Waals surface area contributed by atoms with Crippen molar-refractivity contribution in [3.8, 4) is 28.0 Å². The molecule has 0 bridgehead atoms. The van der Waals surface area contributed by atoms with E-state index in [1.807, 2.05) is 84.8 Å². The molecule has 5 heterocycles. The number of hydrogen-bond acceptors (Lipinski definition) is 12. The Morgan fingerprint density at radius 2 is 1.55 bits per heavy atom. The Balaban J connectivity index is 0.886. The Morgan fingerprint density at radius 1 is 0.800 bits per heavy atom. The molecule has 65 heavy (non-hydrogen) atoms. The second-order valence-corrected chi connectivity index (χ2v) is 21.4. The number of benzene rings is 4. The second-order valence-electron chi connectivity index (χ2n) is 17.4. The summed E-state index contributed by atoms with van der Waals surface area (Å²) in [6.07, 6.45) is 8.64. The molecule has 3 N–H and O–H groups in total. The number of rotatable bonds is 12. The van der Waals surface area contributed by atoms with E-state index in [2.05, 4.69) is 80.9 Å². The lowest BCUT2D eigenvalue weighted by molar-refractivity contribution is -0.134. The first-order valence-electron chi connectivity index (χ1n) is 22.1. The highest BCUT2D eigenvalue weighted by Crippen LogP contribution is 2.43. The smallest absolute Gasteiger partial charge is 0.234 e. The lowest BCUT2D eigenvalue weighted by Crippen LogP contribution is -2.53. The van der Waals surface area contributed by atoms with Crippen molar-refractivity contribution >= 4 is 74.7 Å². The summed E-state index contributed by atoms with van der Waals surface area (Å²) in [5.41, 5.74) is 8.70. The van der Waals surface area contributed by atoms with Crippen molar-refractivity contribution in [2.75, 3.05) is 80.1 Å². The van der Waals surface area contributed by atoms with Crippen LogP contribution in [0.15, 0.2) is 108 Å². The zero-order chi connectivity index (χ0) is 45.2. The standard InChI is InChI=1S/C49H54BrN10O4P/c1-57-31-35(29-52-57)39-27-42(54-49-51-30-40(50)47(56-49)53-41-16-12-34(26-45(41)65(3,4)63)32-8-6-5-7-9-32)44(64-2)28-43(39)60-20-18-37(19-21-60)59-24-22-58(23-25-59)36-13-10-33(11-14-36)38-15-17-46(61)55-48(38)62/h5-14,16,26-31,37-38H,15,17-25H2,1-4H3,(H,55,61,62)(H2,51,53,54,56). The molecule has 9 rings (SSSR count). The molecule has 14 nitrogen and oxygen atoms in total. The Labute approximate surface area is 388 Å². The van der Waals surface area contributed by atoms with Gasteiger partial charge >= 0.3 is 0 Å². The van der Waals surface area contributed by atoms with E-state index in [0.29, 0.717) is 52.2 Å². The van der Waals surface area contributed by atoms with Gasteiger partial charge in [0.25, 0.3) is 0 Å². The van der Waals surface area contributed by atoms with Gasteiger partial charge in [-0.15, -0.1) is 0 Å². The third-order valence-electron chi connectivity index (χ3n) is 12.8. The number of nitrogens with zero attached hydrogens (tertiary/aromatic N) is 7. The van der Waals surface area contributed by atoms with Gasteiger partial charge in [-0.2, -0.15) is 10.1 Å². The van der Waals surface area contributed by atoms with Crippen LogP contribution in [0.25, 0.3) is 22.3 Å². The van der Waals surface area contributed by atoms with Crippen LogP contribution < -0.4 is 35.8 Å². The predicted octanol–water partition coefficient (Wildman–Crippen LogP) is 8.36. The molecule has 3 saturated heterocycles. The number of carbonyl (C=O) groups excluding carboxylic acids is 2. The summed E-state index contributed by atoms with van der Waals surface area (Å²) in [7, 11) is 0.905. The fourth-order valence-electron chi connectivity index (χ4n) is 9.29. The molecule has 0 spiro atoms. The number of hydrogen-bond donors (Lipinski definition) is 3. The monoisotopic (exact) mass is 956 g/mol. The van der Waals surface area contributed by atoms with E-state index in [1.54, 1.807) is 26.6 Å². The van der Waals surface area contributed by atoms with Gasteiger partial charge < -0.3 is 29.7 Å². The van der Waals surface area contributed by atoms with E-state index in [4.69, 9.17) is 9.72 Å². The molecule has 0 radical (unpaired) electrons. The van der Waals surface area contributed by atoms with E-state index in [0.717, 1.165) is 90.9 Å². The van der Waals surface area contributed by atoms with Gasteiger partial charge in [0.15, 0.2) is 0 Å². The molecular weight excluding hydrogens is 903 g/mol. The van der Waals surface area contributed by atoms with Crippen LogP contribution in [-0.4, -0.2) is 102 Å². The average Bonchev–Trinajstić information content (AvgIpc) is 3.76. The molecule has 0 saturated carbocycles. The highest BCUT2D eigenvalue weighted by Gasteiger charge is 2.31. The molecule has 4 aromatic carbocycles. The van der Waals surface area contributed by atoms with Crippen molar-refractivity contribution < 1.29 is 18.9 Å². The minimum absolute atomic E-state index is 0.189. The molecule has 6 aromatic rings. The Hall–Kier alpha value is -6.02. The number of halogens is 1. The van der Waals surface area contributed by atoms with Crippen molar-refractivity contribution in [2.24, 2.45) is 7.05 Å². The van der Waals surface area contributed by atoms with E-state index >= 15 is 0 Å². The molecule has 1 atom stereocenters. The van der Waals surface area contributed by atoms with Crippen molar-refractivity contribution in [1.82, 2.24) is 30.0 Å². The van der Waals surface area contributed by atoms with Gasteiger partial charge in [-0.3, -0.25) is 24.5 Å². The van der Waals surface area contributed by atoms with Crippen LogP contribution in [0.5, 0.6) is 5.75 Å². The first-order valence-corrected chi connectivity index (χ1v) is 25.5. The van der Waals surface area contributed by atoms with Gasteiger partial charge in [-0.05, 0) is 95.5 Å². The van der Waals surface area contributed by atoms with Crippen molar-refractivity contribution in [2.45, 2.75) is 37.6 Å². The summed E-state index contributed by atoms with van der Waals surface area (Å²) in [4.78, 5) is 41.1. The van der Waals surface area contributed by atoms with Crippen LogP contribution in [0.3, 0.4) is 0 Å². The van der Waals surface area contributed by atoms with Crippen molar-refractivity contribution in [3.63, 3.8) is 0 Å². The first-order chi connectivity index (χ1) is 31.4. The van der Waals surface area contributed by atoms with E-state index in [9.17, 15) is 14.2 Å². The van der Waals surface area contributed by atoms with E-state index < -0.39 is 7.14 Å². The number of carbonyl (C=O) groups is 2. The summed E-state index contributed by atoms with van der Waals surface area (Å²) in [5.74, 6) is 0.894. The molecule has 0 aliphatic carbocycles. The van der Waals surface area contributed by atoms with E-state index in [-0.39, 0.29) is 17.7 Å². The van der Waals surface area contributed by atoms with E-state index in [1.165, 1.54) is 5.69 Å². The summed E-state index contributed by atoms with van der Waals surface area (Å²) in [6, 6.07) is 29.1. The van der Waals surface area contributed by atoms with Crippen LogP contribution >= 0.6 is 23.1 Å². The molecule has 3 aliphatic rings. The maximum Gasteiger partial charge on any atom is 0.234 e. The Kier molecular flexibility index (Phi) is 12.8. The van der Waals surface area contributed by atoms with Gasteiger partial charge in [0.05, 0.1) is 35.1 Å². The number of nitrogens with one attached hydrogen (secondary N) is 3. The number of piperazine rings is 1. The number of methoxy groups -OCH3 is 1. The largest absolute Gasteiger partial charge is 0.494 e. The highest BCUT2D eigenvalue weighted by molar-refractivity contribution is 9.10. The molecule has 3 aliphatic heterocycles. The maximum absolute atomic E-state index is 13.6. The minimum atomic E-state index is -2.70. The highest BCUT2D eigenvalue weighted by atomic mass is 79.9. The summed E-state index contributed by atoms with van der Waals surface area (Å²) < 4.78 is 22.1. The fraction of sp³-hybridized carbons (Fsp3) is 0.327. The number of piperidine rings is 2. The fourth-order valence-corrected chi connectivity index (χ4v) is 10.7. The molecule has 2 amide bonds. The Bertz CT molecular complexity index is 2750. The number of aryl methyl sites for hydroxylation is 1. The number of imide groups is 1. The summed E-state index contributed by atoms with van der Waals surface area (Å²) in [6.45, 7) is 9.22.